The highest BCUT2D eigenvalue weighted by Crippen LogP contribution is 2.33. The Morgan fingerprint density at radius 1 is 0.955 bits per heavy atom. The van der Waals surface area contributed by atoms with Gasteiger partial charge in [0.15, 0.2) is 0 Å². The average Bonchev–Trinajstić information content (AvgIpc) is 3.02. The number of halogens is 2. The smallest absolute Gasteiger partial charge is 0.272 e. The Morgan fingerprint density at radius 3 is 2.36 bits per heavy atom. The number of hydrogen-bond donors (Lipinski definition) is 3. The highest BCUT2D eigenvalue weighted by Gasteiger charge is 2.21. The van der Waals surface area contributed by atoms with Crippen molar-refractivity contribution in [3.63, 3.8) is 0 Å². The first-order valence-corrected chi connectivity index (χ1v) is 15.0. The Kier molecular flexibility index (Phi) is 11.2. The van der Waals surface area contributed by atoms with Crippen molar-refractivity contribution in [3.8, 4) is 5.75 Å². The van der Waals surface area contributed by atoms with Crippen LogP contribution in [0.15, 0.2) is 102 Å². The molecule has 0 saturated carbocycles. The highest BCUT2D eigenvalue weighted by atomic mass is 35.5. The molecule has 0 aromatic heterocycles. The summed E-state index contributed by atoms with van der Waals surface area (Å²) in [5.41, 5.74) is 2.67. The number of aryl methyl sites for hydroxylation is 1. The zero-order valence-electron chi connectivity index (χ0n) is 24.3. The molecule has 0 fully saturated rings. The van der Waals surface area contributed by atoms with Crippen molar-refractivity contribution in [1.82, 2.24) is 5.32 Å². The number of anilines is 2. The van der Waals surface area contributed by atoms with E-state index in [0.717, 1.165) is 10.5 Å². The van der Waals surface area contributed by atoms with Gasteiger partial charge in [-0.25, -0.2) is 4.39 Å². The van der Waals surface area contributed by atoms with E-state index in [0.29, 0.717) is 39.7 Å². The summed E-state index contributed by atoms with van der Waals surface area (Å²) in [5.74, 6) is -1.21. The summed E-state index contributed by atoms with van der Waals surface area (Å²) in [6.07, 6.45) is 2.01. The molecule has 3 N–H and O–H groups in total. The van der Waals surface area contributed by atoms with Gasteiger partial charge in [0, 0.05) is 27.2 Å². The molecule has 0 heterocycles. The first-order valence-electron chi connectivity index (χ1n) is 13.7. The fourth-order valence-electron chi connectivity index (χ4n) is 4.14. The van der Waals surface area contributed by atoms with Crippen LogP contribution in [0.25, 0.3) is 6.08 Å². The molecule has 0 saturated heterocycles. The summed E-state index contributed by atoms with van der Waals surface area (Å²) in [4.78, 5) is 40.3. The Bertz CT molecular complexity index is 1680. The Balaban J connectivity index is 1.50. The number of carbonyl (C=O) groups is 3. The van der Waals surface area contributed by atoms with Crippen molar-refractivity contribution in [2.75, 3.05) is 17.7 Å². The third-order valence-corrected chi connectivity index (χ3v) is 8.25. The van der Waals surface area contributed by atoms with Gasteiger partial charge in [-0.3, -0.25) is 14.4 Å². The minimum absolute atomic E-state index is 0.0264. The summed E-state index contributed by atoms with van der Waals surface area (Å²) in [6, 6.07) is 24.5. The Hall–Kier alpha value is -4.60. The largest absolute Gasteiger partial charge is 0.495 e. The molecule has 0 aliphatic carbocycles. The molecule has 0 spiro atoms. The predicted molar refractivity (Wildman–Crippen MR) is 175 cm³/mol. The van der Waals surface area contributed by atoms with Crippen LogP contribution in [0.2, 0.25) is 5.02 Å². The van der Waals surface area contributed by atoms with E-state index in [1.54, 1.807) is 60.7 Å². The van der Waals surface area contributed by atoms with Gasteiger partial charge in [-0.2, -0.15) is 0 Å². The number of nitrogens with one attached hydrogen (secondary N) is 3. The van der Waals surface area contributed by atoms with Gasteiger partial charge in [-0.15, -0.1) is 11.8 Å². The minimum Gasteiger partial charge on any atom is -0.495 e. The fraction of sp³-hybridized carbons (Fsp3) is 0.147. The molecule has 4 rings (SSSR count). The van der Waals surface area contributed by atoms with Crippen molar-refractivity contribution >= 4 is 58.5 Å². The van der Waals surface area contributed by atoms with Crippen LogP contribution in [0.1, 0.15) is 34.8 Å². The van der Waals surface area contributed by atoms with Gasteiger partial charge in [0.25, 0.3) is 11.8 Å². The van der Waals surface area contributed by atoms with E-state index in [1.807, 2.05) is 19.9 Å². The average molecular weight is 632 g/mol. The number of benzene rings is 4. The van der Waals surface area contributed by atoms with Gasteiger partial charge in [-0.1, -0.05) is 54.9 Å². The van der Waals surface area contributed by atoms with Gasteiger partial charge in [-0.05, 0) is 79.1 Å². The van der Waals surface area contributed by atoms with Gasteiger partial charge in [0.1, 0.15) is 17.3 Å². The van der Waals surface area contributed by atoms with Gasteiger partial charge < -0.3 is 20.7 Å². The second-order valence-corrected chi connectivity index (χ2v) is 11.4. The lowest BCUT2D eigenvalue weighted by atomic mass is 10.1. The van der Waals surface area contributed by atoms with Crippen molar-refractivity contribution in [3.05, 3.63) is 124 Å². The van der Waals surface area contributed by atoms with E-state index < -0.39 is 22.9 Å². The number of carbonyl (C=O) groups excluding carboxylic acids is 3. The highest BCUT2D eigenvalue weighted by molar-refractivity contribution is 8.00. The maximum atomic E-state index is 13.5. The number of hydrogen-bond acceptors (Lipinski definition) is 5. The molecule has 10 heteroatoms. The molecule has 3 amide bonds. The molecular formula is C34H31ClFN3O4S. The van der Waals surface area contributed by atoms with E-state index in [9.17, 15) is 18.8 Å². The zero-order valence-corrected chi connectivity index (χ0v) is 25.9. The standard InChI is InChI=1S/C34H31ClFN3O4S/c1-4-31(34(42)38-28-17-21(2)27(35)20-30(28)43-3)44-26-12-8-11-25(19-26)37-33(41)29(18-22-13-15-24(36)16-14-22)39-32(40)23-9-6-5-7-10-23/h5-20,31H,4H2,1-3H3,(H,37,41)(H,38,42)(H,39,40)/b29-18-. The van der Waals surface area contributed by atoms with Crippen molar-refractivity contribution in [2.45, 2.75) is 30.4 Å². The van der Waals surface area contributed by atoms with Crippen molar-refractivity contribution in [1.29, 1.82) is 0 Å². The maximum Gasteiger partial charge on any atom is 0.272 e. The van der Waals surface area contributed by atoms with Gasteiger partial charge in [0.05, 0.1) is 18.0 Å². The summed E-state index contributed by atoms with van der Waals surface area (Å²) in [7, 11) is 1.51. The Labute approximate surface area is 264 Å². The molecule has 4 aromatic rings. The van der Waals surface area contributed by atoms with E-state index in [1.165, 1.54) is 49.2 Å². The molecule has 0 aliphatic heterocycles. The molecule has 7 nitrogen and oxygen atoms in total. The molecule has 44 heavy (non-hydrogen) atoms. The minimum atomic E-state index is -0.573. The van der Waals surface area contributed by atoms with Crippen LogP contribution in [0.5, 0.6) is 5.75 Å². The molecular weight excluding hydrogens is 601 g/mol. The summed E-state index contributed by atoms with van der Waals surface area (Å²) < 4.78 is 18.9. The van der Waals surface area contributed by atoms with E-state index >= 15 is 0 Å². The fourth-order valence-corrected chi connectivity index (χ4v) is 5.31. The van der Waals surface area contributed by atoms with Gasteiger partial charge in [0.2, 0.25) is 5.91 Å². The first kappa shape index (κ1) is 32.3. The topological polar surface area (TPSA) is 96.5 Å². The number of rotatable bonds is 11. The molecule has 0 radical (unpaired) electrons. The molecule has 0 bridgehead atoms. The van der Waals surface area contributed by atoms with Crippen LogP contribution in [-0.2, 0) is 9.59 Å². The second-order valence-electron chi connectivity index (χ2n) is 9.72. The van der Waals surface area contributed by atoms with E-state index in [-0.39, 0.29) is 11.6 Å². The second kappa shape index (κ2) is 15.2. The molecule has 1 atom stereocenters. The lowest BCUT2D eigenvalue weighted by molar-refractivity contribution is -0.116. The molecule has 1 unspecified atom stereocenters. The third kappa shape index (κ3) is 8.72. The van der Waals surface area contributed by atoms with Crippen LogP contribution in [0.3, 0.4) is 0 Å². The lowest BCUT2D eigenvalue weighted by Crippen LogP contribution is -2.30. The van der Waals surface area contributed by atoms with Crippen LogP contribution in [-0.4, -0.2) is 30.1 Å². The zero-order chi connectivity index (χ0) is 31.6. The summed E-state index contributed by atoms with van der Waals surface area (Å²) in [5, 5.41) is 8.52. The lowest BCUT2D eigenvalue weighted by Gasteiger charge is -2.18. The van der Waals surface area contributed by atoms with Crippen LogP contribution >= 0.6 is 23.4 Å². The third-order valence-electron chi connectivity index (χ3n) is 6.48. The monoisotopic (exact) mass is 631 g/mol. The SMILES string of the molecule is CCC(Sc1cccc(NC(=O)/C(=C/c2ccc(F)cc2)NC(=O)c2ccccc2)c1)C(=O)Nc1cc(C)c(Cl)cc1OC. The van der Waals surface area contributed by atoms with Crippen LogP contribution < -0.4 is 20.7 Å². The van der Waals surface area contributed by atoms with Crippen LogP contribution in [0, 0.1) is 12.7 Å². The Morgan fingerprint density at radius 2 is 1.68 bits per heavy atom. The first-order chi connectivity index (χ1) is 21.2. The maximum absolute atomic E-state index is 13.5. The van der Waals surface area contributed by atoms with Gasteiger partial charge >= 0.3 is 0 Å². The van der Waals surface area contributed by atoms with Crippen LogP contribution in [0.4, 0.5) is 15.8 Å². The predicted octanol–water partition coefficient (Wildman–Crippen LogP) is 7.72. The molecule has 226 valence electrons. The normalized spacial score (nSPS) is 11.8. The summed E-state index contributed by atoms with van der Waals surface area (Å²) in [6.45, 7) is 3.76. The quantitative estimate of drug-likeness (QED) is 0.116. The molecule has 0 aliphatic rings. The van der Waals surface area contributed by atoms with Crippen molar-refractivity contribution in [2.24, 2.45) is 0 Å². The number of ether oxygens (including phenoxy) is 1. The van der Waals surface area contributed by atoms with E-state index in [4.69, 9.17) is 16.3 Å². The number of thioether (sulfide) groups is 1. The van der Waals surface area contributed by atoms with Crippen molar-refractivity contribution < 1.29 is 23.5 Å². The molecule has 4 aromatic carbocycles. The van der Waals surface area contributed by atoms with E-state index in [2.05, 4.69) is 16.0 Å². The number of methoxy groups -OCH3 is 1. The summed E-state index contributed by atoms with van der Waals surface area (Å²) >= 11 is 7.55. The number of amides is 3.